The summed E-state index contributed by atoms with van der Waals surface area (Å²) in [6.07, 6.45) is 0. The highest BCUT2D eigenvalue weighted by Crippen LogP contribution is 2.36. The van der Waals surface area contributed by atoms with E-state index in [1.165, 1.54) is 11.1 Å². The second kappa shape index (κ2) is 4.65. The molecule has 1 aromatic heterocycles. The van der Waals surface area contributed by atoms with Crippen LogP contribution in [0.2, 0.25) is 0 Å². The summed E-state index contributed by atoms with van der Waals surface area (Å²) >= 11 is 3.51. The number of benzene rings is 1. The minimum Gasteiger partial charge on any atom is -0.496 e. The number of nitrogen functional groups attached to an aromatic ring is 1. The minimum atomic E-state index is 0.470. The maximum atomic E-state index is 5.82. The van der Waals surface area contributed by atoms with Crippen LogP contribution in [-0.4, -0.2) is 16.7 Å². The smallest absolute Gasteiger partial charge is 0.201 e. The molecule has 2 aromatic rings. The third kappa shape index (κ3) is 1.99. The van der Waals surface area contributed by atoms with Crippen LogP contribution >= 0.6 is 15.9 Å². The van der Waals surface area contributed by atoms with Crippen LogP contribution < -0.4 is 10.5 Å². The molecule has 0 bridgehead atoms. The van der Waals surface area contributed by atoms with Crippen molar-refractivity contribution >= 4 is 21.9 Å². The summed E-state index contributed by atoms with van der Waals surface area (Å²) < 4.78 is 8.07. The lowest BCUT2D eigenvalue weighted by Crippen LogP contribution is -1.96. The van der Waals surface area contributed by atoms with Gasteiger partial charge in [0, 0.05) is 12.6 Å². The van der Waals surface area contributed by atoms with Crippen LogP contribution in [0.4, 0.5) is 5.95 Å². The first-order chi connectivity index (χ1) is 8.45. The predicted molar refractivity (Wildman–Crippen MR) is 76.8 cm³/mol. The molecule has 0 fully saturated rings. The molecule has 0 radical (unpaired) electrons. The minimum absolute atomic E-state index is 0.470. The molecule has 0 saturated heterocycles. The molecule has 1 aromatic carbocycles. The van der Waals surface area contributed by atoms with Crippen molar-refractivity contribution in [1.82, 2.24) is 9.55 Å². The molecule has 4 nitrogen and oxygen atoms in total. The number of rotatable bonds is 2. The second-order valence-electron chi connectivity index (χ2n) is 4.31. The van der Waals surface area contributed by atoms with Gasteiger partial charge in [0.2, 0.25) is 5.95 Å². The number of anilines is 1. The molecular formula is C13H16BrN3O. The standard InChI is InChI=1S/C13H16BrN3O/c1-7-5-9(10(18-4)6-8(7)2)11-12(14)17(3)13(15)16-11/h5-6H,1-4H3,(H2,15,16). The number of hydrogen-bond acceptors (Lipinski definition) is 3. The van der Waals surface area contributed by atoms with Crippen molar-refractivity contribution in [1.29, 1.82) is 0 Å². The number of imidazole rings is 1. The van der Waals surface area contributed by atoms with Crippen molar-refractivity contribution in [3.63, 3.8) is 0 Å². The van der Waals surface area contributed by atoms with Crippen molar-refractivity contribution < 1.29 is 4.74 Å². The van der Waals surface area contributed by atoms with E-state index in [1.807, 2.05) is 13.1 Å². The molecular weight excluding hydrogens is 294 g/mol. The first kappa shape index (κ1) is 13.0. The summed E-state index contributed by atoms with van der Waals surface area (Å²) in [6.45, 7) is 4.13. The van der Waals surface area contributed by atoms with E-state index in [4.69, 9.17) is 10.5 Å². The molecule has 18 heavy (non-hydrogen) atoms. The van der Waals surface area contributed by atoms with E-state index in [1.54, 1.807) is 11.7 Å². The average Bonchev–Trinajstić information content (AvgIpc) is 2.60. The molecule has 2 N–H and O–H groups in total. The van der Waals surface area contributed by atoms with Crippen molar-refractivity contribution in [3.05, 3.63) is 27.9 Å². The topological polar surface area (TPSA) is 53.1 Å². The van der Waals surface area contributed by atoms with Gasteiger partial charge in [-0.25, -0.2) is 4.98 Å². The third-order valence-electron chi connectivity index (χ3n) is 3.13. The number of halogens is 1. The molecule has 0 amide bonds. The number of hydrogen-bond donors (Lipinski definition) is 1. The van der Waals surface area contributed by atoms with Gasteiger partial charge in [-0.1, -0.05) is 0 Å². The van der Waals surface area contributed by atoms with Crippen molar-refractivity contribution in [2.75, 3.05) is 12.8 Å². The van der Waals surface area contributed by atoms with E-state index in [9.17, 15) is 0 Å². The van der Waals surface area contributed by atoms with Gasteiger partial charge in [0.05, 0.1) is 7.11 Å². The Morgan fingerprint density at radius 1 is 1.28 bits per heavy atom. The third-order valence-corrected chi connectivity index (χ3v) is 4.04. The number of aromatic nitrogens is 2. The SMILES string of the molecule is COc1cc(C)c(C)cc1-c1nc(N)n(C)c1Br. The van der Waals surface area contributed by atoms with Crippen molar-refractivity contribution in [3.8, 4) is 17.0 Å². The van der Waals surface area contributed by atoms with E-state index < -0.39 is 0 Å². The summed E-state index contributed by atoms with van der Waals surface area (Å²) in [5, 5.41) is 0. The van der Waals surface area contributed by atoms with Crippen LogP contribution in [0.1, 0.15) is 11.1 Å². The van der Waals surface area contributed by atoms with Gasteiger partial charge in [-0.2, -0.15) is 0 Å². The molecule has 0 aliphatic heterocycles. The summed E-state index contributed by atoms with van der Waals surface area (Å²) in [5.41, 5.74) is 9.95. The Bertz CT molecular complexity index is 605. The van der Waals surface area contributed by atoms with E-state index >= 15 is 0 Å². The predicted octanol–water partition coefficient (Wildman–Crippen LogP) is 3.06. The fourth-order valence-electron chi connectivity index (χ4n) is 1.81. The van der Waals surface area contributed by atoms with Crippen LogP contribution in [0.25, 0.3) is 11.3 Å². The van der Waals surface area contributed by atoms with Crippen molar-refractivity contribution in [2.24, 2.45) is 7.05 Å². The number of nitrogens with zero attached hydrogens (tertiary/aromatic N) is 2. The van der Waals surface area contributed by atoms with E-state index in [0.717, 1.165) is 21.6 Å². The molecule has 0 spiro atoms. The van der Waals surface area contributed by atoms with Gasteiger partial charge in [-0.15, -0.1) is 0 Å². The van der Waals surface area contributed by atoms with Crippen LogP contribution in [0.15, 0.2) is 16.7 Å². The zero-order chi connectivity index (χ0) is 13.4. The zero-order valence-electron chi connectivity index (χ0n) is 10.9. The fraction of sp³-hybridized carbons (Fsp3) is 0.308. The lowest BCUT2D eigenvalue weighted by atomic mass is 10.0. The number of methoxy groups -OCH3 is 1. The van der Waals surface area contributed by atoms with Gasteiger partial charge in [0.1, 0.15) is 16.0 Å². The summed E-state index contributed by atoms with van der Waals surface area (Å²) in [7, 11) is 3.53. The fourth-order valence-corrected chi connectivity index (χ4v) is 2.29. The molecule has 0 unspecified atom stereocenters. The quantitative estimate of drug-likeness (QED) is 0.927. The van der Waals surface area contributed by atoms with Gasteiger partial charge >= 0.3 is 0 Å². The monoisotopic (exact) mass is 309 g/mol. The summed E-state index contributed by atoms with van der Waals surface area (Å²) in [5.74, 6) is 1.27. The second-order valence-corrected chi connectivity index (χ2v) is 5.06. The largest absolute Gasteiger partial charge is 0.496 e. The lowest BCUT2D eigenvalue weighted by molar-refractivity contribution is 0.416. The van der Waals surface area contributed by atoms with Crippen LogP contribution in [-0.2, 0) is 7.05 Å². The molecule has 2 rings (SSSR count). The Hall–Kier alpha value is -1.49. The molecule has 0 aliphatic rings. The highest BCUT2D eigenvalue weighted by Gasteiger charge is 2.17. The maximum Gasteiger partial charge on any atom is 0.201 e. The van der Waals surface area contributed by atoms with Crippen LogP contribution in [0.5, 0.6) is 5.75 Å². The van der Waals surface area contributed by atoms with Gasteiger partial charge in [-0.3, -0.25) is 0 Å². The van der Waals surface area contributed by atoms with Gasteiger partial charge in [-0.05, 0) is 53.0 Å². The number of nitrogens with two attached hydrogens (primary N) is 1. The van der Waals surface area contributed by atoms with Gasteiger partial charge < -0.3 is 15.0 Å². The Balaban J connectivity index is 2.70. The van der Waals surface area contributed by atoms with Gasteiger partial charge in [0.25, 0.3) is 0 Å². The first-order valence-corrected chi connectivity index (χ1v) is 6.38. The molecule has 5 heteroatoms. The molecule has 0 saturated carbocycles. The Morgan fingerprint density at radius 3 is 2.39 bits per heavy atom. The number of aryl methyl sites for hydroxylation is 2. The van der Waals surface area contributed by atoms with E-state index in [2.05, 4.69) is 40.8 Å². The van der Waals surface area contributed by atoms with Crippen molar-refractivity contribution in [2.45, 2.75) is 13.8 Å². The van der Waals surface area contributed by atoms with Crippen LogP contribution in [0.3, 0.4) is 0 Å². The molecule has 0 atom stereocenters. The normalized spacial score (nSPS) is 10.7. The summed E-state index contributed by atoms with van der Waals surface area (Å²) in [4.78, 5) is 4.37. The Labute approximate surface area is 115 Å². The molecule has 96 valence electrons. The van der Waals surface area contributed by atoms with E-state index in [0.29, 0.717) is 5.95 Å². The average molecular weight is 310 g/mol. The van der Waals surface area contributed by atoms with Crippen LogP contribution in [0, 0.1) is 13.8 Å². The van der Waals surface area contributed by atoms with E-state index in [-0.39, 0.29) is 0 Å². The molecule has 1 heterocycles. The molecule has 0 aliphatic carbocycles. The highest BCUT2D eigenvalue weighted by molar-refractivity contribution is 9.10. The Morgan fingerprint density at radius 2 is 1.89 bits per heavy atom. The Kier molecular flexibility index (Phi) is 3.34. The van der Waals surface area contributed by atoms with Gasteiger partial charge in [0.15, 0.2) is 0 Å². The first-order valence-electron chi connectivity index (χ1n) is 5.59. The summed E-state index contributed by atoms with van der Waals surface area (Å²) in [6, 6.07) is 4.09. The highest BCUT2D eigenvalue weighted by atomic mass is 79.9. The zero-order valence-corrected chi connectivity index (χ0v) is 12.5. The maximum absolute atomic E-state index is 5.82. The number of ether oxygens (including phenoxy) is 1. The lowest BCUT2D eigenvalue weighted by Gasteiger charge is -2.10.